The van der Waals surface area contributed by atoms with E-state index in [1.54, 1.807) is 0 Å². The molecule has 1 aromatic heterocycles. The third kappa shape index (κ3) is 1.63. The predicted octanol–water partition coefficient (Wildman–Crippen LogP) is 2.28. The van der Waals surface area contributed by atoms with E-state index in [1.165, 1.54) is 5.57 Å². The first-order valence-electron chi connectivity index (χ1n) is 5.65. The minimum absolute atomic E-state index is 0.986. The Labute approximate surface area is 94.8 Å². The SMILES string of the molecule is CN1CCC=C(c2nc3ccccc3[nH]2)C1. The monoisotopic (exact) mass is 213 g/mol. The van der Waals surface area contributed by atoms with Gasteiger partial charge in [0.05, 0.1) is 11.0 Å². The molecule has 2 heterocycles. The van der Waals surface area contributed by atoms with Crippen LogP contribution >= 0.6 is 0 Å². The summed E-state index contributed by atoms with van der Waals surface area (Å²) in [5.74, 6) is 1.02. The van der Waals surface area contributed by atoms with Crippen molar-refractivity contribution in [2.45, 2.75) is 6.42 Å². The van der Waals surface area contributed by atoms with Gasteiger partial charge in [0.15, 0.2) is 0 Å². The molecule has 3 heteroatoms. The number of hydrogen-bond acceptors (Lipinski definition) is 2. The van der Waals surface area contributed by atoms with Crippen LogP contribution in [-0.4, -0.2) is 35.0 Å². The lowest BCUT2D eigenvalue weighted by molar-refractivity contribution is 0.372. The van der Waals surface area contributed by atoms with Crippen LogP contribution in [0, 0.1) is 0 Å². The van der Waals surface area contributed by atoms with Gasteiger partial charge in [-0.15, -0.1) is 0 Å². The second-order valence-electron chi connectivity index (χ2n) is 4.36. The summed E-state index contributed by atoms with van der Waals surface area (Å²) < 4.78 is 0. The number of rotatable bonds is 1. The van der Waals surface area contributed by atoms with Gasteiger partial charge in [-0.2, -0.15) is 0 Å². The van der Waals surface area contributed by atoms with Gasteiger partial charge in [-0.25, -0.2) is 4.98 Å². The third-order valence-corrected chi connectivity index (χ3v) is 3.04. The quantitative estimate of drug-likeness (QED) is 0.788. The zero-order valence-corrected chi connectivity index (χ0v) is 9.40. The molecule has 1 N–H and O–H groups in total. The third-order valence-electron chi connectivity index (χ3n) is 3.04. The lowest BCUT2D eigenvalue weighted by atomic mass is 10.1. The second kappa shape index (κ2) is 3.76. The van der Waals surface area contributed by atoms with E-state index in [2.05, 4.69) is 34.1 Å². The number of nitrogens with one attached hydrogen (secondary N) is 1. The summed E-state index contributed by atoms with van der Waals surface area (Å²) in [5.41, 5.74) is 3.48. The number of para-hydroxylation sites is 2. The summed E-state index contributed by atoms with van der Waals surface area (Å²) in [6.45, 7) is 2.13. The minimum Gasteiger partial charge on any atom is -0.338 e. The Hall–Kier alpha value is -1.61. The standard InChI is InChI=1S/C13H15N3/c1-16-8-4-5-10(9-16)13-14-11-6-2-3-7-12(11)15-13/h2-3,5-7H,4,8-9H2,1H3,(H,14,15). The summed E-state index contributed by atoms with van der Waals surface area (Å²) in [4.78, 5) is 10.3. The summed E-state index contributed by atoms with van der Waals surface area (Å²) in [5, 5.41) is 0. The van der Waals surface area contributed by atoms with Crippen molar-refractivity contribution >= 4 is 16.6 Å². The van der Waals surface area contributed by atoms with Gasteiger partial charge in [0.25, 0.3) is 0 Å². The zero-order chi connectivity index (χ0) is 11.0. The van der Waals surface area contributed by atoms with Gasteiger partial charge >= 0.3 is 0 Å². The van der Waals surface area contributed by atoms with Crippen LogP contribution in [0.5, 0.6) is 0 Å². The number of aromatic amines is 1. The molecule has 0 amide bonds. The van der Waals surface area contributed by atoms with Crippen LogP contribution in [0.15, 0.2) is 30.3 Å². The summed E-state index contributed by atoms with van der Waals surface area (Å²) in [7, 11) is 2.15. The van der Waals surface area contributed by atoms with Gasteiger partial charge in [-0.3, -0.25) is 0 Å². The first kappa shape index (κ1) is 9.60. The number of aromatic nitrogens is 2. The van der Waals surface area contributed by atoms with Crippen LogP contribution in [0.3, 0.4) is 0 Å². The maximum atomic E-state index is 4.62. The van der Waals surface area contributed by atoms with Crippen LogP contribution in [0.25, 0.3) is 16.6 Å². The minimum atomic E-state index is 0.986. The summed E-state index contributed by atoms with van der Waals surface area (Å²) in [6.07, 6.45) is 3.40. The van der Waals surface area contributed by atoms with Gasteiger partial charge < -0.3 is 9.88 Å². The van der Waals surface area contributed by atoms with Gasteiger partial charge in [0.2, 0.25) is 0 Å². The topological polar surface area (TPSA) is 31.9 Å². The van der Waals surface area contributed by atoms with E-state index in [9.17, 15) is 0 Å². The molecular weight excluding hydrogens is 198 g/mol. The summed E-state index contributed by atoms with van der Waals surface area (Å²) >= 11 is 0. The Morgan fingerprint density at radius 2 is 2.19 bits per heavy atom. The van der Waals surface area contributed by atoms with Crippen LogP contribution in [-0.2, 0) is 0 Å². The highest BCUT2D eigenvalue weighted by atomic mass is 15.1. The molecule has 0 saturated carbocycles. The van der Waals surface area contributed by atoms with Crippen LogP contribution < -0.4 is 0 Å². The van der Waals surface area contributed by atoms with E-state index in [0.717, 1.165) is 36.4 Å². The number of nitrogens with zero attached hydrogens (tertiary/aromatic N) is 2. The molecule has 0 aliphatic carbocycles. The van der Waals surface area contributed by atoms with Crippen molar-refractivity contribution < 1.29 is 0 Å². The lowest BCUT2D eigenvalue weighted by Crippen LogP contribution is -2.25. The number of fused-ring (bicyclic) bond motifs is 1. The van der Waals surface area contributed by atoms with E-state index in [-0.39, 0.29) is 0 Å². The fourth-order valence-electron chi connectivity index (χ4n) is 2.17. The number of imidazole rings is 1. The molecule has 0 atom stereocenters. The molecule has 16 heavy (non-hydrogen) atoms. The van der Waals surface area contributed by atoms with E-state index < -0.39 is 0 Å². The van der Waals surface area contributed by atoms with Crippen LogP contribution in [0.4, 0.5) is 0 Å². The molecule has 0 radical (unpaired) electrons. The van der Waals surface area contributed by atoms with Crippen molar-refractivity contribution in [3.8, 4) is 0 Å². The maximum absolute atomic E-state index is 4.62. The Kier molecular flexibility index (Phi) is 2.26. The van der Waals surface area contributed by atoms with Crippen molar-refractivity contribution in [2.75, 3.05) is 20.1 Å². The molecule has 0 saturated heterocycles. The van der Waals surface area contributed by atoms with Gasteiger partial charge in [0, 0.05) is 18.7 Å². The zero-order valence-electron chi connectivity index (χ0n) is 9.40. The van der Waals surface area contributed by atoms with E-state index in [0.29, 0.717) is 0 Å². The fourth-order valence-corrected chi connectivity index (χ4v) is 2.17. The number of benzene rings is 1. The number of hydrogen-bond donors (Lipinski definition) is 1. The average molecular weight is 213 g/mol. The Balaban J connectivity index is 2.02. The molecule has 3 nitrogen and oxygen atoms in total. The maximum Gasteiger partial charge on any atom is 0.135 e. The number of likely N-dealkylation sites (N-methyl/N-ethyl adjacent to an activating group) is 1. The lowest BCUT2D eigenvalue weighted by Gasteiger charge is -2.21. The molecule has 0 unspecified atom stereocenters. The predicted molar refractivity (Wildman–Crippen MR) is 66.2 cm³/mol. The molecular formula is C13H15N3. The molecule has 0 spiro atoms. The molecule has 0 fully saturated rings. The summed E-state index contributed by atoms with van der Waals surface area (Å²) in [6, 6.07) is 8.17. The van der Waals surface area contributed by atoms with Crippen LogP contribution in [0.2, 0.25) is 0 Å². The van der Waals surface area contributed by atoms with Crippen molar-refractivity contribution in [1.82, 2.24) is 14.9 Å². The Bertz CT molecular complexity index is 506. The molecule has 1 aliphatic heterocycles. The highest BCUT2D eigenvalue weighted by molar-refractivity contribution is 5.79. The molecule has 82 valence electrons. The fraction of sp³-hybridized carbons (Fsp3) is 0.308. The average Bonchev–Trinajstić information content (AvgIpc) is 2.72. The van der Waals surface area contributed by atoms with Gasteiger partial charge in [0.1, 0.15) is 5.82 Å². The number of H-pyrrole nitrogens is 1. The molecule has 1 aliphatic rings. The largest absolute Gasteiger partial charge is 0.338 e. The smallest absolute Gasteiger partial charge is 0.135 e. The van der Waals surface area contributed by atoms with Crippen molar-refractivity contribution in [1.29, 1.82) is 0 Å². The first-order chi connectivity index (χ1) is 7.83. The van der Waals surface area contributed by atoms with Gasteiger partial charge in [-0.1, -0.05) is 18.2 Å². The first-order valence-corrected chi connectivity index (χ1v) is 5.65. The Morgan fingerprint density at radius 1 is 1.31 bits per heavy atom. The van der Waals surface area contributed by atoms with E-state index >= 15 is 0 Å². The van der Waals surface area contributed by atoms with Crippen molar-refractivity contribution in [2.24, 2.45) is 0 Å². The Morgan fingerprint density at radius 3 is 3.00 bits per heavy atom. The van der Waals surface area contributed by atoms with E-state index in [4.69, 9.17) is 0 Å². The molecule has 0 bridgehead atoms. The van der Waals surface area contributed by atoms with E-state index in [1.807, 2.05) is 18.2 Å². The highest BCUT2D eigenvalue weighted by Gasteiger charge is 2.13. The second-order valence-corrected chi connectivity index (χ2v) is 4.36. The van der Waals surface area contributed by atoms with Crippen molar-refractivity contribution in [3.05, 3.63) is 36.2 Å². The normalized spacial score (nSPS) is 17.7. The van der Waals surface area contributed by atoms with Gasteiger partial charge in [-0.05, 0) is 25.6 Å². The molecule has 2 aromatic rings. The highest BCUT2D eigenvalue weighted by Crippen LogP contribution is 2.20. The molecule has 1 aromatic carbocycles. The van der Waals surface area contributed by atoms with Crippen molar-refractivity contribution in [3.63, 3.8) is 0 Å². The van der Waals surface area contributed by atoms with Crippen LogP contribution in [0.1, 0.15) is 12.2 Å². The molecule has 3 rings (SSSR count).